The summed E-state index contributed by atoms with van der Waals surface area (Å²) in [6, 6.07) is 13.5. The quantitative estimate of drug-likeness (QED) is 0.262. The molecule has 7 rings (SSSR count). The Morgan fingerprint density at radius 3 is 2.38 bits per heavy atom. The highest BCUT2D eigenvalue weighted by Gasteiger charge is 2.30. The molecule has 0 unspecified atom stereocenters. The highest BCUT2D eigenvalue weighted by molar-refractivity contribution is 6.32. The summed E-state index contributed by atoms with van der Waals surface area (Å²) < 4.78 is 4.41. The number of rotatable bonds is 5. The molecule has 0 spiro atoms. The average molecular weight is 584 g/mol. The maximum Gasteiger partial charge on any atom is 0.208 e. The van der Waals surface area contributed by atoms with Crippen LogP contribution in [0.5, 0.6) is 0 Å². The van der Waals surface area contributed by atoms with Crippen LogP contribution in [-0.4, -0.2) is 73.2 Å². The molecule has 4 heterocycles. The molecule has 2 aromatic carbocycles. The Morgan fingerprint density at radius 1 is 0.929 bits per heavy atom. The number of aryl methyl sites for hydroxylation is 2. The van der Waals surface area contributed by atoms with Gasteiger partial charge < -0.3 is 25.1 Å². The van der Waals surface area contributed by atoms with E-state index in [1.165, 1.54) is 39.0 Å². The van der Waals surface area contributed by atoms with Crippen LogP contribution in [0.25, 0.3) is 33.2 Å². The maximum atomic E-state index is 6.47. The zero-order valence-corrected chi connectivity index (χ0v) is 25.3. The van der Waals surface area contributed by atoms with Crippen LogP contribution in [0.4, 0.5) is 17.5 Å². The lowest BCUT2D eigenvalue weighted by Crippen LogP contribution is -2.49. The summed E-state index contributed by atoms with van der Waals surface area (Å²) in [4.78, 5) is 19.0. The molecule has 2 aliphatic rings. The van der Waals surface area contributed by atoms with Crippen LogP contribution >= 0.6 is 11.6 Å². The van der Waals surface area contributed by atoms with E-state index in [0.717, 1.165) is 68.3 Å². The number of aromatic nitrogens is 5. The summed E-state index contributed by atoms with van der Waals surface area (Å²) in [5, 5.41) is 5.12. The van der Waals surface area contributed by atoms with E-state index >= 15 is 0 Å². The summed E-state index contributed by atoms with van der Waals surface area (Å²) in [6.45, 7) is 6.71. The smallest absolute Gasteiger partial charge is 0.208 e. The van der Waals surface area contributed by atoms with Gasteiger partial charge in [0.25, 0.3) is 0 Å². The number of hydrogen-bond donors (Lipinski definition) is 2. The molecule has 1 aliphatic carbocycles. The van der Waals surface area contributed by atoms with Crippen LogP contribution in [0.15, 0.2) is 48.9 Å². The Labute approximate surface area is 251 Å². The average Bonchev–Trinajstić information content (AvgIpc) is 3.53. The highest BCUT2D eigenvalue weighted by atomic mass is 35.5. The summed E-state index contributed by atoms with van der Waals surface area (Å²) in [6.07, 6.45) is 8.57. The van der Waals surface area contributed by atoms with Crippen LogP contribution in [0.3, 0.4) is 0 Å². The normalized spacial score (nSPS) is 20.5. The number of benzene rings is 2. The molecule has 0 atom stereocenters. The van der Waals surface area contributed by atoms with Gasteiger partial charge in [0.15, 0.2) is 0 Å². The fourth-order valence-corrected chi connectivity index (χ4v) is 6.94. The van der Waals surface area contributed by atoms with Crippen molar-refractivity contribution in [2.24, 2.45) is 7.05 Å². The number of nitrogens with two attached hydrogens (primary N) is 1. The van der Waals surface area contributed by atoms with Gasteiger partial charge in [0, 0.05) is 67.8 Å². The molecule has 3 aromatic heterocycles. The molecule has 1 saturated carbocycles. The van der Waals surface area contributed by atoms with E-state index in [1.807, 2.05) is 20.0 Å². The molecule has 0 amide bonds. The monoisotopic (exact) mass is 583 g/mol. The molecule has 9 nitrogen and oxygen atoms in total. The van der Waals surface area contributed by atoms with Crippen molar-refractivity contribution in [3.8, 4) is 11.1 Å². The Kier molecular flexibility index (Phi) is 7.04. The van der Waals surface area contributed by atoms with Gasteiger partial charge in [0.2, 0.25) is 5.95 Å². The van der Waals surface area contributed by atoms with Gasteiger partial charge in [0.05, 0.1) is 16.4 Å². The van der Waals surface area contributed by atoms with Crippen LogP contribution < -0.4 is 11.1 Å². The molecule has 1 aliphatic heterocycles. The molecular weight excluding hydrogens is 546 g/mol. The number of piperazine rings is 1. The van der Waals surface area contributed by atoms with Crippen LogP contribution in [0, 0.1) is 6.92 Å². The van der Waals surface area contributed by atoms with E-state index in [1.54, 1.807) is 6.33 Å². The van der Waals surface area contributed by atoms with Crippen molar-refractivity contribution in [1.82, 2.24) is 33.9 Å². The first kappa shape index (κ1) is 27.2. The summed E-state index contributed by atoms with van der Waals surface area (Å²) >= 11 is 6.34. The minimum absolute atomic E-state index is 0.412. The van der Waals surface area contributed by atoms with Gasteiger partial charge >= 0.3 is 0 Å². The molecule has 0 bridgehead atoms. The van der Waals surface area contributed by atoms with E-state index in [4.69, 9.17) is 27.3 Å². The molecular formula is C32H38ClN9. The largest absolute Gasteiger partial charge is 0.383 e. The van der Waals surface area contributed by atoms with Crippen molar-refractivity contribution < 1.29 is 0 Å². The van der Waals surface area contributed by atoms with Gasteiger partial charge in [-0.15, -0.1) is 0 Å². The predicted octanol–water partition coefficient (Wildman–Crippen LogP) is 6.00. The number of imidazole rings is 1. The second-order valence-electron chi connectivity index (χ2n) is 12.0. The van der Waals surface area contributed by atoms with Gasteiger partial charge in [-0.2, -0.15) is 0 Å². The predicted molar refractivity (Wildman–Crippen MR) is 171 cm³/mol. The minimum atomic E-state index is 0.412. The van der Waals surface area contributed by atoms with Crippen molar-refractivity contribution in [1.29, 1.82) is 0 Å². The van der Waals surface area contributed by atoms with Gasteiger partial charge in [-0.3, -0.25) is 4.90 Å². The lowest BCUT2D eigenvalue weighted by atomic mass is 9.89. The Morgan fingerprint density at radius 2 is 1.64 bits per heavy atom. The molecule has 0 radical (unpaired) electrons. The summed E-state index contributed by atoms with van der Waals surface area (Å²) in [7, 11) is 4.23. The first-order valence-corrected chi connectivity index (χ1v) is 15.3. The SMILES string of the molecule is Cc1cc2c(cc1Cl)nc(Nc1ccc(-c3cn(C4CCC(N5CCN(C)CC5)CC4)c4ncnc(N)c34)cc1)n2C. The Balaban J connectivity index is 1.13. The summed E-state index contributed by atoms with van der Waals surface area (Å²) in [5.74, 6) is 1.29. The second kappa shape index (κ2) is 10.9. The molecule has 42 heavy (non-hydrogen) atoms. The van der Waals surface area contributed by atoms with E-state index in [-0.39, 0.29) is 0 Å². The van der Waals surface area contributed by atoms with Crippen molar-refractivity contribution in [3.63, 3.8) is 0 Å². The minimum Gasteiger partial charge on any atom is -0.383 e. The van der Waals surface area contributed by atoms with E-state index in [9.17, 15) is 0 Å². The number of fused-ring (bicyclic) bond motifs is 2. The highest BCUT2D eigenvalue weighted by Crippen LogP contribution is 2.39. The number of likely N-dealkylation sites (N-methyl/N-ethyl adjacent to an activating group) is 1. The second-order valence-corrected chi connectivity index (χ2v) is 12.4. The topological polar surface area (TPSA) is 93.1 Å². The van der Waals surface area contributed by atoms with Crippen molar-refractivity contribution in [3.05, 3.63) is 59.5 Å². The van der Waals surface area contributed by atoms with E-state index in [2.05, 4.69) is 72.8 Å². The van der Waals surface area contributed by atoms with Crippen LogP contribution in [-0.2, 0) is 7.05 Å². The Bertz CT molecular complexity index is 1740. The van der Waals surface area contributed by atoms with Crippen molar-refractivity contribution in [2.75, 3.05) is 44.3 Å². The third-order valence-corrected chi connectivity index (χ3v) is 9.77. The molecule has 10 heteroatoms. The first-order valence-electron chi connectivity index (χ1n) is 14.9. The lowest BCUT2D eigenvalue weighted by molar-refractivity contribution is 0.0828. The Hall–Kier alpha value is -3.66. The number of nitrogens with one attached hydrogen (secondary N) is 1. The molecule has 2 fully saturated rings. The fourth-order valence-electron chi connectivity index (χ4n) is 6.79. The zero-order chi connectivity index (χ0) is 29.0. The maximum absolute atomic E-state index is 6.47. The fraction of sp³-hybridized carbons (Fsp3) is 0.406. The molecule has 1 saturated heterocycles. The van der Waals surface area contributed by atoms with Gasteiger partial charge in [-0.1, -0.05) is 23.7 Å². The van der Waals surface area contributed by atoms with Crippen LogP contribution in [0.2, 0.25) is 5.02 Å². The van der Waals surface area contributed by atoms with E-state index in [0.29, 0.717) is 17.9 Å². The van der Waals surface area contributed by atoms with Crippen molar-refractivity contribution in [2.45, 2.75) is 44.7 Å². The number of anilines is 3. The number of hydrogen-bond acceptors (Lipinski definition) is 7. The third-order valence-electron chi connectivity index (χ3n) is 9.37. The molecule has 5 aromatic rings. The van der Waals surface area contributed by atoms with Crippen LogP contribution in [0.1, 0.15) is 37.3 Å². The number of nitrogens with zero attached hydrogens (tertiary/aromatic N) is 7. The zero-order valence-electron chi connectivity index (χ0n) is 24.5. The van der Waals surface area contributed by atoms with Gasteiger partial charge in [-0.05, 0) is 75.0 Å². The standard InChI is InChI=1S/C32H38ClN9/c1-20-16-28-27(17-26(20)33)38-32(40(28)3)37-22-6-4-21(5-7-22)25-18-42(31-29(25)30(34)35-19-36-31)24-10-8-23(9-11-24)41-14-12-39(2)13-15-41/h4-7,16-19,23-24H,8-15H2,1-3H3,(H,37,38)(H2,34,35,36). The van der Waals surface area contributed by atoms with Crippen molar-refractivity contribution >= 4 is 51.1 Å². The first-order chi connectivity index (χ1) is 20.4. The lowest BCUT2D eigenvalue weighted by Gasteiger charge is -2.41. The number of halogens is 1. The summed E-state index contributed by atoms with van der Waals surface area (Å²) in [5.41, 5.74) is 13.5. The molecule has 218 valence electrons. The molecule has 3 N–H and O–H groups in total. The van der Waals surface area contributed by atoms with Gasteiger partial charge in [-0.25, -0.2) is 15.0 Å². The number of nitrogen functional groups attached to an aromatic ring is 1. The van der Waals surface area contributed by atoms with E-state index < -0.39 is 0 Å². The van der Waals surface area contributed by atoms with Gasteiger partial charge in [0.1, 0.15) is 17.8 Å². The third kappa shape index (κ3) is 4.89.